The van der Waals surface area contributed by atoms with Crippen LogP contribution < -0.4 is 14.8 Å². The predicted molar refractivity (Wildman–Crippen MR) is 106 cm³/mol. The summed E-state index contributed by atoms with van der Waals surface area (Å²) in [5, 5.41) is 2.87. The highest BCUT2D eigenvalue weighted by molar-refractivity contribution is 9.10. The fourth-order valence-electron chi connectivity index (χ4n) is 2.09. The maximum Gasteiger partial charge on any atom is 0.255 e. The largest absolute Gasteiger partial charge is 0.493 e. The van der Waals surface area contributed by atoms with Crippen LogP contribution >= 0.6 is 15.9 Å². The first-order valence-electron chi connectivity index (χ1n) is 8.45. The van der Waals surface area contributed by atoms with E-state index in [-0.39, 0.29) is 5.91 Å². The van der Waals surface area contributed by atoms with Crippen LogP contribution in [0.25, 0.3) is 0 Å². The van der Waals surface area contributed by atoms with Crippen LogP contribution in [0, 0.1) is 5.92 Å². The first-order chi connectivity index (χ1) is 12.5. The van der Waals surface area contributed by atoms with Crippen molar-refractivity contribution in [2.24, 2.45) is 5.92 Å². The molecule has 0 aromatic heterocycles. The molecular weight excluding hydrogens is 398 g/mol. The van der Waals surface area contributed by atoms with Gasteiger partial charge in [0.15, 0.2) is 0 Å². The lowest BCUT2D eigenvalue weighted by atomic mass is 10.2. The summed E-state index contributed by atoms with van der Waals surface area (Å²) in [6.45, 7) is 5.82. The highest BCUT2D eigenvalue weighted by atomic mass is 79.9. The third-order valence-corrected chi connectivity index (χ3v) is 4.05. The molecule has 0 spiro atoms. The van der Waals surface area contributed by atoms with Crippen LogP contribution in [0.15, 0.2) is 46.9 Å². The molecule has 5 nitrogen and oxygen atoms in total. The summed E-state index contributed by atoms with van der Waals surface area (Å²) in [4.78, 5) is 12.4. The van der Waals surface area contributed by atoms with E-state index in [1.807, 2.05) is 24.3 Å². The van der Waals surface area contributed by atoms with Crippen LogP contribution in [0.5, 0.6) is 11.5 Å². The maximum absolute atomic E-state index is 12.4. The smallest absolute Gasteiger partial charge is 0.255 e. The predicted octanol–water partition coefficient (Wildman–Crippen LogP) is 4.76. The Labute approximate surface area is 162 Å². The zero-order chi connectivity index (χ0) is 18.9. The van der Waals surface area contributed by atoms with Gasteiger partial charge in [-0.15, -0.1) is 0 Å². The maximum atomic E-state index is 12.4. The highest BCUT2D eigenvalue weighted by Crippen LogP contribution is 2.26. The summed E-state index contributed by atoms with van der Waals surface area (Å²) < 4.78 is 16.9. The van der Waals surface area contributed by atoms with E-state index in [0.29, 0.717) is 42.7 Å². The molecule has 0 aliphatic carbocycles. The van der Waals surface area contributed by atoms with E-state index in [1.54, 1.807) is 25.3 Å². The number of rotatable bonds is 9. The van der Waals surface area contributed by atoms with Crippen molar-refractivity contribution >= 4 is 27.5 Å². The summed E-state index contributed by atoms with van der Waals surface area (Å²) in [5.41, 5.74) is 1.25. The van der Waals surface area contributed by atoms with Crippen molar-refractivity contribution in [2.45, 2.75) is 13.8 Å². The molecule has 0 heterocycles. The molecule has 1 N–H and O–H groups in total. The molecule has 0 aliphatic heterocycles. The molecule has 0 bridgehead atoms. The van der Waals surface area contributed by atoms with Gasteiger partial charge in [-0.2, -0.15) is 0 Å². The zero-order valence-electron chi connectivity index (χ0n) is 15.3. The summed E-state index contributed by atoms with van der Waals surface area (Å²) in [6, 6.07) is 12.6. The van der Waals surface area contributed by atoms with E-state index in [1.165, 1.54) is 0 Å². The fraction of sp³-hybridized carbons (Fsp3) is 0.350. The molecule has 0 fully saturated rings. The molecule has 140 valence electrons. The molecule has 0 unspecified atom stereocenters. The van der Waals surface area contributed by atoms with Gasteiger partial charge in [-0.1, -0.05) is 13.8 Å². The number of amides is 1. The number of benzene rings is 2. The van der Waals surface area contributed by atoms with Crippen molar-refractivity contribution in [3.05, 3.63) is 52.5 Å². The van der Waals surface area contributed by atoms with Gasteiger partial charge in [0.05, 0.1) is 17.7 Å². The number of ether oxygens (including phenoxy) is 3. The van der Waals surface area contributed by atoms with Crippen LogP contribution in [-0.4, -0.2) is 32.8 Å². The molecule has 2 rings (SSSR count). The van der Waals surface area contributed by atoms with Crippen LogP contribution in [0.2, 0.25) is 0 Å². The molecule has 0 aliphatic rings. The Balaban J connectivity index is 1.95. The van der Waals surface area contributed by atoms with E-state index in [9.17, 15) is 4.79 Å². The number of anilines is 1. The second-order valence-corrected chi connectivity index (χ2v) is 7.02. The van der Waals surface area contributed by atoms with Gasteiger partial charge in [-0.3, -0.25) is 4.79 Å². The van der Waals surface area contributed by atoms with Crippen molar-refractivity contribution in [1.82, 2.24) is 0 Å². The first kappa shape index (κ1) is 20.3. The fourth-order valence-corrected chi connectivity index (χ4v) is 2.59. The number of nitrogens with one attached hydrogen (secondary N) is 1. The lowest BCUT2D eigenvalue weighted by Gasteiger charge is -2.11. The van der Waals surface area contributed by atoms with Crippen molar-refractivity contribution in [3.63, 3.8) is 0 Å². The second-order valence-electron chi connectivity index (χ2n) is 6.17. The van der Waals surface area contributed by atoms with Crippen LogP contribution in [0.4, 0.5) is 5.69 Å². The van der Waals surface area contributed by atoms with Gasteiger partial charge in [0.2, 0.25) is 0 Å². The summed E-state index contributed by atoms with van der Waals surface area (Å²) in [5.74, 6) is 1.74. The molecule has 2 aromatic carbocycles. The van der Waals surface area contributed by atoms with E-state index < -0.39 is 0 Å². The Morgan fingerprint density at radius 2 is 1.81 bits per heavy atom. The zero-order valence-corrected chi connectivity index (χ0v) is 16.8. The average Bonchev–Trinajstić information content (AvgIpc) is 2.62. The molecule has 6 heteroatoms. The Bertz CT molecular complexity index is 716. The Hall–Kier alpha value is -2.05. The normalized spacial score (nSPS) is 10.7. The minimum absolute atomic E-state index is 0.190. The lowest BCUT2D eigenvalue weighted by molar-refractivity contribution is 0.102. The van der Waals surface area contributed by atoms with Crippen molar-refractivity contribution in [1.29, 1.82) is 0 Å². The quantitative estimate of drug-likeness (QED) is 0.592. The molecule has 0 saturated heterocycles. The van der Waals surface area contributed by atoms with Crippen LogP contribution in [-0.2, 0) is 4.74 Å². The van der Waals surface area contributed by atoms with Crippen molar-refractivity contribution < 1.29 is 19.0 Å². The van der Waals surface area contributed by atoms with Crippen molar-refractivity contribution in [2.75, 3.05) is 32.2 Å². The summed E-state index contributed by atoms with van der Waals surface area (Å²) in [7, 11) is 1.62. The Morgan fingerprint density at radius 1 is 1.08 bits per heavy atom. The lowest BCUT2D eigenvalue weighted by Crippen LogP contribution is -2.12. The summed E-state index contributed by atoms with van der Waals surface area (Å²) in [6.07, 6.45) is 0. The summed E-state index contributed by atoms with van der Waals surface area (Å²) >= 11 is 3.43. The number of hydrogen-bond acceptors (Lipinski definition) is 4. The van der Waals surface area contributed by atoms with E-state index in [2.05, 4.69) is 35.1 Å². The second kappa shape index (κ2) is 10.2. The van der Waals surface area contributed by atoms with Gasteiger partial charge in [-0.25, -0.2) is 0 Å². The highest BCUT2D eigenvalue weighted by Gasteiger charge is 2.10. The van der Waals surface area contributed by atoms with Crippen LogP contribution in [0.1, 0.15) is 24.2 Å². The molecule has 0 saturated carbocycles. The minimum atomic E-state index is -0.190. The van der Waals surface area contributed by atoms with Crippen LogP contribution in [0.3, 0.4) is 0 Å². The SMILES string of the molecule is COCCOc1ccc(C(=O)Nc2ccc(OCC(C)C)cc2)cc1Br. The molecule has 26 heavy (non-hydrogen) atoms. The molecule has 0 atom stereocenters. The average molecular weight is 422 g/mol. The van der Waals surface area contributed by atoms with Gasteiger partial charge in [0.1, 0.15) is 18.1 Å². The van der Waals surface area contributed by atoms with Gasteiger partial charge in [0.25, 0.3) is 5.91 Å². The number of carbonyl (C=O) groups is 1. The monoisotopic (exact) mass is 421 g/mol. The van der Waals surface area contributed by atoms with E-state index >= 15 is 0 Å². The van der Waals surface area contributed by atoms with E-state index in [4.69, 9.17) is 14.2 Å². The number of halogens is 1. The number of methoxy groups -OCH3 is 1. The molecule has 1 amide bonds. The molecule has 2 aromatic rings. The van der Waals surface area contributed by atoms with Crippen molar-refractivity contribution in [3.8, 4) is 11.5 Å². The topological polar surface area (TPSA) is 56.8 Å². The third-order valence-electron chi connectivity index (χ3n) is 3.43. The molecular formula is C20H24BrNO4. The van der Waals surface area contributed by atoms with E-state index in [0.717, 1.165) is 10.2 Å². The third kappa shape index (κ3) is 6.35. The number of hydrogen-bond donors (Lipinski definition) is 1. The first-order valence-corrected chi connectivity index (χ1v) is 9.24. The van der Waals surface area contributed by atoms with Gasteiger partial charge < -0.3 is 19.5 Å². The standard InChI is InChI=1S/C20H24BrNO4/c1-14(2)13-26-17-7-5-16(6-8-17)22-20(23)15-4-9-19(18(21)12-15)25-11-10-24-3/h4-9,12,14H,10-11,13H2,1-3H3,(H,22,23). The Morgan fingerprint density at radius 3 is 2.42 bits per heavy atom. The Kier molecular flexibility index (Phi) is 7.94. The van der Waals surface area contributed by atoms with Gasteiger partial charge in [-0.05, 0) is 64.3 Å². The minimum Gasteiger partial charge on any atom is -0.493 e. The van der Waals surface area contributed by atoms with Gasteiger partial charge >= 0.3 is 0 Å². The van der Waals surface area contributed by atoms with Gasteiger partial charge in [0, 0.05) is 18.4 Å². The molecule has 0 radical (unpaired) electrons. The number of carbonyl (C=O) groups excluding carboxylic acids is 1.